The van der Waals surface area contributed by atoms with Gasteiger partial charge in [0.25, 0.3) is 0 Å². The molecule has 0 fully saturated rings. The van der Waals surface area contributed by atoms with Crippen molar-refractivity contribution in [1.29, 1.82) is 0 Å². The first-order chi connectivity index (χ1) is 6.83. The summed E-state index contributed by atoms with van der Waals surface area (Å²) in [7, 11) is 0. The van der Waals surface area contributed by atoms with Crippen LogP contribution in [0.4, 0.5) is 0 Å². The average molecular weight is 207 g/mol. The number of unbranched alkanes of at least 4 members (excludes halogenated alkanes) is 1. The van der Waals surface area contributed by atoms with Gasteiger partial charge in [-0.05, 0) is 25.0 Å². The molecule has 0 bridgehead atoms. The second-order valence-corrected chi connectivity index (χ2v) is 4.46. The summed E-state index contributed by atoms with van der Waals surface area (Å²) >= 11 is 1.65. The largest absolute Gasteiger partial charge is 0.505 e. The number of fused-ring (bicyclic) bond motifs is 1. The molecule has 0 unspecified atom stereocenters. The number of hydrogen-bond donors (Lipinski definition) is 1. The maximum Gasteiger partial charge on any atom is 0.155 e. The number of rotatable bonds is 3. The van der Waals surface area contributed by atoms with Crippen molar-refractivity contribution in [2.24, 2.45) is 0 Å². The molecule has 74 valence electrons. The smallest absolute Gasteiger partial charge is 0.155 e. The quantitative estimate of drug-likeness (QED) is 0.837. The Bertz CT molecular complexity index is 436. The highest BCUT2D eigenvalue weighted by Gasteiger charge is 2.10. The van der Waals surface area contributed by atoms with E-state index in [0.717, 1.165) is 34.4 Å². The van der Waals surface area contributed by atoms with E-state index in [0.29, 0.717) is 5.75 Å². The summed E-state index contributed by atoms with van der Waals surface area (Å²) < 4.78 is 1.08. The fraction of sp³-hybridized carbons (Fsp3) is 0.364. The van der Waals surface area contributed by atoms with E-state index in [4.69, 9.17) is 0 Å². The fourth-order valence-electron chi connectivity index (χ4n) is 1.47. The first-order valence-electron chi connectivity index (χ1n) is 4.88. The first kappa shape index (κ1) is 9.46. The predicted octanol–water partition coefficient (Wildman–Crippen LogP) is 3.34. The van der Waals surface area contributed by atoms with Gasteiger partial charge in [0.15, 0.2) is 5.75 Å². The molecule has 2 nitrogen and oxygen atoms in total. The molecule has 0 amide bonds. The summed E-state index contributed by atoms with van der Waals surface area (Å²) in [6, 6.07) is 3.91. The van der Waals surface area contributed by atoms with Gasteiger partial charge in [-0.2, -0.15) is 0 Å². The summed E-state index contributed by atoms with van der Waals surface area (Å²) in [6.45, 7) is 2.16. The lowest BCUT2D eigenvalue weighted by molar-refractivity contribution is 0.475. The molecule has 14 heavy (non-hydrogen) atoms. The van der Waals surface area contributed by atoms with Crippen molar-refractivity contribution in [2.75, 3.05) is 0 Å². The van der Waals surface area contributed by atoms with Gasteiger partial charge < -0.3 is 5.11 Å². The molecule has 0 spiro atoms. The molecular formula is C11H13NOS. The minimum absolute atomic E-state index is 0.388. The van der Waals surface area contributed by atoms with E-state index in [1.807, 2.05) is 12.1 Å². The Morgan fingerprint density at radius 2 is 2.36 bits per heavy atom. The molecule has 0 radical (unpaired) electrons. The molecule has 2 rings (SSSR count). The van der Waals surface area contributed by atoms with Gasteiger partial charge >= 0.3 is 0 Å². The van der Waals surface area contributed by atoms with Gasteiger partial charge in [-0.3, -0.25) is 4.98 Å². The van der Waals surface area contributed by atoms with Crippen molar-refractivity contribution in [3.8, 4) is 5.75 Å². The minimum atomic E-state index is 0.388. The Morgan fingerprint density at radius 1 is 1.50 bits per heavy atom. The number of nitrogens with zero attached hydrogens (tertiary/aromatic N) is 1. The van der Waals surface area contributed by atoms with E-state index < -0.39 is 0 Å². The number of aromatic hydroxyl groups is 1. The van der Waals surface area contributed by atoms with Crippen LogP contribution in [0.1, 0.15) is 24.6 Å². The van der Waals surface area contributed by atoms with Gasteiger partial charge in [-0.15, -0.1) is 11.3 Å². The van der Waals surface area contributed by atoms with Crippen LogP contribution in [0.15, 0.2) is 18.3 Å². The van der Waals surface area contributed by atoms with Gasteiger partial charge in [0.1, 0.15) is 5.52 Å². The van der Waals surface area contributed by atoms with E-state index in [1.165, 1.54) is 0 Å². The van der Waals surface area contributed by atoms with E-state index in [-0.39, 0.29) is 0 Å². The van der Waals surface area contributed by atoms with Crippen molar-refractivity contribution in [3.63, 3.8) is 0 Å². The Morgan fingerprint density at radius 3 is 3.07 bits per heavy atom. The number of aryl methyl sites for hydroxylation is 1. The summed E-state index contributed by atoms with van der Waals surface area (Å²) in [5.74, 6) is 0.388. The van der Waals surface area contributed by atoms with Crippen LogP contribution in [0.2, 0.25) is 0 Å². The third kappa shape index (κ3) is 1.60. The molecule has 1 N–H and O–H groups in total. The molecule has 0 aliphatic heterocycles. The van der Waals surface area contributed by atoms with Crippen LogP contribution < -0.4 is 0 Å². The third-order valence-electron chi connectivity index (χ3n) is 2.25. The van der Waals surface area contributed by atoms with Crippen LogP contribution in [0.5, 0.6) is 5.75 Å². The summed E-state index contributed by atoms with van der Waals surface area (Å²) in [6.07, 6.45) is 4.96. The maximum atomic E-state index is 9.86. The Hall–Kier alpha value is -1.09. The highest BCUT2D eigenvalue weighted by Crippen LogP contribution is 2.35. The van der Waals surface area contributed by atoms with E-state index in [9.17, 15) is 5.11 Å². The number of thiophene rings is 1. The van der Waals surface area contributed by atoms with Crippen LogP contribution >= 0.6 is 11.3 Å². The van der Waals surface area contributed by atoms with Crippen LogP contribution in [-0.2, 0) is 6.42 Å². The monoisotopic (exact) mass is 207 g/mol. The number of hydrogen-bond acceptors (Lipinski definition) is 3. The van der Waals surface area contributed by atoms with Crippen molar-refractivity contribution in [1.82, 2.24) is 4.98 Å². The Labute approximate surface area is 87.2 Å². The second kappa shape index (κ2) is 3.96. The zero-order valence-electron chi connectivity index (χ0n) is 8.16. The summed E-state index contributed by atoms with van der Waals surface area (Å²) in [5.41, 5.74) is 0.753. The predicted molar refractivity (Wildman–Crippen MR) is 59.9 cm³/mol. The minimum Gasteiger partial charge on any atom is -0.505 e. The lowest BCUT2D eigenvalue weighted by atomic mass is 10.2. The Balaban J connectivity index is 2.41. The van der Waals surface area contributed by atoms with Gasteiger partial charge in [-0.25, -0.2) is 0 Å². The van der Waals surface area contributed by atoms with Crippen LogP contribution in [-0.4, -0.2) is 10.1 Å². The van der Waals surface area contributed by atoms with Gasteiger partial charge in [0.2, 0.25) is 0 Å². The SMILES string of the molecule is CCCCc1sc2cccnc2c1O. The fourth-order valence-corrected chi connectivity index (χ4v) is 2.57. The van der Waals surface area contributed by atoms with E-state index in [1.54, 1.807) is 17.5 Å². The lowest BCUT2D eigenvalue weighted by Crippen LogP contribution is -1.79. The molecular weight excluding hydrogens is 194 g/mol. The zero-order chi connectivity index (χ0) is 9.97. The van der Waals surface area contributed by atoms with E-state index >= 15 is 0 Å². The molecule has 0 aliphatic rings. The van der Waals surface area contributed by atoms with Crippen molar-refractivity contribution < 1.29 is 5.11 Å². The van der Waals surface area contributed by atoms with Gasteiger partial charge in [-0.1, -0.05) is 13.3 Å². The number of pyridine rings is 1. The molecule has 2 aromatic rings. The maximum absolute atomic E-state index is 9.86. The van der Waals surface area contributed by atoms with Crippen molar-refractivity contribution in [3.05, 3.63) is 23.2 Å². The van der Waals surface area contributed by atoms with Gasteiger partial charge in [0.05, 0.1) is 4.70 Å². The topological polar surface area (TPSA) is 33.1 Å². The molecule has 2 aromatic heterocycles. The molecule has 2 heterocycles. The second-order valence-electron chi connectivity index (χ2n) is 3.33. The third-order valence-corrected chi connectivity index (χ3v) is 3.44. The Kier molecular flexibility index (Phi) is 2.68. The van der Waals surface area contributed by atoms with Crippen LogP contribution in [0.25, 0.3) is 10.2 Å². The van der Waals surface area contributed by atoms with Crippen molar-refractivity contribution in [2.45, 2.75) is 26.2 Å². The lowest BCUT2D eigenvalue weighted by Gasteiger charge is -1.94. The van der Waals surface area contributed by atoms with E-state index in [2.05, 4.69) is 11.9 Å². The highest BCUT2D eigenvalue weighted by molar-refractivity contribution is 7.19. The van der Waals surface area contributed by atoms with Gasteiger partial charge in [0, 0.05) is 11.1 Å². The molecule has 0 aromatic carbocycles. The molecule has 0 saturated carbocycles. The van der Waals surface area contributed by atoms with Crippen LogP contribution in [0, 0.1) is 0 Å². The number of aromatic nitrogens is 1. The zero-order valence-corrected chi connectivity index (χ0v) is 8.97. The normalized spacial score (nSPS) is 10.9. The van der Waals surface area contributed by atoms with Crippen LogP contribution in [0.3, 0.4) is 0 Å². The molecule has 0 aliphatic carbocycles. The molecule has 0 atom stereocenters. The summed E-state index contributed by atoms with van der Waals surface area (Å²) in [5, 5.41) is 9.86. The highest BCUT2D eigenvalue weighted by atomic mass is 32.1. The average Bonchev–Trinajstić information content (AvgIpc) is 2.54. The standard InChI is InChI=1S/C11H13NOS/c1-2-3-5-9-11(13)10-8(14-9)6-4-7-12-10/h4,6-7,13H,2-3,5H2,1H3. The van der Waals surface area contributed by atoms with Crippen molar-refractivity contribution >= 4 is 21.6 Å². The first-order valence-corrected chi connectivity index (χ1v) is 5.70. The summed E-state index contributed by atoms with van der Waals surface area (Å²) in [4.78, 5) is 5.24. The molecule has 0 saturated heterocycles. The molecule has 3 heteroatoms.